The third kappa shape index (κ3) is 3.89. The van der Waals surface area contributed by atoms with Crippen LogP contribution in [-0.2, 0) is 0 Å². The summed E-state index contributed by atoms with van der Waals surface area (Å²) in [4.78, 5) is 13.1. The summed E-state index contributed by atoms with van der Waals surface area (Å²) in [6.07, 6.45) is 3.37. The van der Waals surface area contributed by atoms with Gasteiger partial charge in [0.05, 0.1) is 0 Å². The molecule has 1 aliphatic rings. The predicted molar refractivity (Wildman–Crippen MR) is 72.4 cm³/mol. The minimum Gasteiger partial charge on any atom is -0.476 e. The minimum atomic E-state index is -1.05. The highest BCUT2D eigenvalue weighted by atomic mass is 16.4. The quantitative estimate of drug-likeness (QED) is 0.838. The number of likely N-dealkylation sites (tertiary alicyclic amines) is 1. The molecule has 0 aliphatic carbocycles. The van der Waals surface area contributed by atoms with Crippen molar-refractivity contribution < 1.29 is 9.90 Å². The predicted octanol–water partition coefficient (Wildman–Crippen LogP) is 1.46. The lowest BCUT2D eigenvalue weighted by Crippen LogP contribution is -2.39. The van der Waals surface area contributed by atoms with Crippen molar-refractivity contribution in [2.45, 2.75) is 32.2 Å². The second-order valence-electron chi connectivity index (χ2n) is 4.87. The Morgan fingerprint density at radius 1 is 1.42 bits per heavy atom. The van der Waals surface area contributed by atoms with Gasteiger partial charge in [0, 0.05) is 19.1 Å². The maximum atomic E-state index is 10.7. The van der Waals surface area contributed by atoms with Gasteiger partial charge < -0.3 is 15.3 Å². The first kappa shape index (κ1) is 13.7. The Hall–Kier alpha value is -1.69. The molecule has 0 bridgehead atoms. The molecule has 6 heteroatoms. The maximum absolute atomic E-state index is 10.7. The van der Waals surface area contributed by atoms with E-state index in [-0.39, 0.29) is 5.69 Å². The van der Waals surface area contributed by atoms with Gasteiger partial charge in [0.1, 0.15) is 5.82 Å². The normalized spacial score (nSPS) is 17.3. The van der Waals surface area contributed by atoms with Gasteiger partial charge in [-0.15, -0.1) is 10.2 Å². The number of nitrogens with zero attached hydrogens (tertiary/aromatic N) is 3. The van der Waals surface area contributed by atoms with Crippen LogP contribution in [0.5, 0.6) is 0 Å². The van der Waals surface area contributed by atoms with Gasteiger partial charge in [-0.2, -0.15) is 0 Å². The molecule has 0 saturated carbocycles. The van der Waals surface area contributed by atoms with Gasteiger partial charge in [0.15, 0.2) is 5.69 Å². The summed E-state index contributed by atoms with van der Waals surface area (Å²) < 4.78 is 0. The molecule has 2 rings (SSSR count). The highest BCUT2D eigenvalue weighted by Gasteiger charge is 2.18. The van der Waals surface area contributed by atoms with Crippen molar-refractivity contribution in [1.82, 2.24) is 15.1 Å². The van der Waals surface area contributed by atoms with Crippen LogP contribution in [0.15, 0.2) is 12.1 Å². The monoisotopic (exact) mass is 264 g/mol. The van der Waals surface area contributed by atoms with Crippen LogP contribution < -0.4 is 5.32 Å². The van der Waals surface area contributed by atoms with Crippen LogP contribution in [0.4, 0.5) is 5.82 Å². The van der Waals surface area contributed by atoms with E-state index in [1.54, 1.807) is 6.07 Å². The van der Waals surface area contributed by atoms with Crippen LogP contribution in [0, 0.1) is 0 Å². The van der Waals surface area contributed by atoms with E-state index in [1.807, 2.05) is 0 Å². The van der Waals surface area contributed by atoms with Crippen molar-refractivity contribution in [2.24, 2.45) is 0 Å². The van der Waals surface area contributed by atoms with Crippen LogP contribution in [-0.4, -0.2) is 51.8 Å². The zero-order chi connectivity index (χ0) is 13.7. The van der Waals surface area contributed by atoms with Crippen LogP contribution in [0.3, 0.4) is 0 Å². The molecule has 2 N–H and O–H groups in total. The lowest BCUT2D eigenvalue weighted by Gasteiger charge is -2.32. The zero-order valence-electron chi connectivity index (χ0n) is 11.2. The number of piperidine rings is 1. The molecule has 2 heterocycles. The molecule has 0 amide bonds. The molecule has 0 aromatic carbocycles. The summed E-state index contributed by atoms with van der Waals surface area (Å²) in [5, 5.41) is 19.6. The Morgan fingerprint density at radius 2 is 2.16 bits per heavy atom. The Balaban J connectivity index is 1.83. The number of carboxylic acids is 1. The van der Waals surface area contributed by atoms with E-state index < -0.39 is 5.97 Å². The summed E-state index contributed by atoms with van der Waals surface area (Å²) in [6, 6.07) is 3.55. The molecule has 19 heavy (non-hydrogen) atoms. The van der Waals surface area contributed by atoms with E-state index in [9.17, 15) is 4.79 Å². The number of nitrogens with one attached hydrogen (secondary N) is 1. The van der Waals surface area contributed by atoms with E-state index in [2.05, 4.69) is 27.3 Å². The van der Waals surface area contributed by atoms with E-state index >= 15 is 0 Å². The molecular weight excluding hydrogens is 244 g/mol. The lowest BCUT2D eigenvalue weighted by atomic mass is 10.0. The van der Waals surface area contributed by atoms with Crippen molar-refractivity contribution in [2.75, 3.05) is 25.0 Å². The van der Waals surface area contributed by atoms with Crippen LogP contribution >= 0.6 is 0 Å². The molecular formula is C13H20N4O2. The van der Waals surface area contributed by atoms with Crippen LogP contribution in [0.1, 0.15) is 36.7 Å². The summed E-state index contributed by atoms with van der Waals surface area (Å²) >= 11 is 0. The number of carboxylic acid groups (broad SMARTS) is 1. The summed E-state index contributed by atoms with van der Waals surface area (Å²) in [5.41, 5.74) is -0.0247. The van der Waals surface area contributed by atoms with Gasteiger partial charge in [0.2, 0.25) is 0 Å². The molecule has 104 valence electrons. The molecule has 0 atom stereocenters. The van der Waals surface area contributed by atoms with Gasteiger partial charge in [-0.1, -0.05) is 6.92 Å². The van der Waals surface area contributed by atoms with Crippen LogP contribution in [0.2, 0.25) is 0 Å². The van der Waals surface area contributed by atoms with Gasteiger partial charge >= 0.3 is 5.97 Å². The highest BCUT2D eigenvalue weighted by molar-refractivity contribution is 5.85. The topological polar surface area (TPSA) is 78.4 Å². The number of aromatic nitrogens is 2. The number of carbonyl (C=O) groups is 1. The third-order valence-electron chi connectivity index (χ3n) is 3.36. The van der Waals surface area contributed by atoms with Gasteiger partial charge in [0.25, 0.3) is 0 Å². The number of aromatic carboxylic acids is 1. The van der Waals surface area contributed by atoms with Crippen molar-refractivity contribution in [3.05, 3.63) is 17.8 Å². The van der Waals surface area contributed by atoms with E-state index in [1.165, 1.54) is 19.0 Å². The first-order valence-electron chi connectivity index (χ1n) is 6.75. The standard InChI is InChI=1S/C13H20N4O2/c1-2-7-17-8-5-10(6-9-17)14-12-4-3-11(13(18)19)15-16-12/h3-4,10H,2,5-9H2,1H3,(H,14,16)(H,18,19). The van der Waals surface area contributed by atoms with E-state index in [0.717, 1.165) is 25.9 Å². The Bertz CT molecular complexity index is 413. The van der Waals surface area contributed by atoms with Crippen molar-refractivity contribution in [3.8, 4) is 0 Å². The molecule has 1 aliphatic heterocycles. The number of hydrogen-bond donors (Lipinski definition) is 2. The fourth-order valence-electron chi connectivity index (χ4n) is 2.35. The Labute approximate surface area is 112 Å². The number of anilines is 1. The highest BCUT2D eigenvalue weighted by Crippen LogP contribution is 2.15. The fraction of sp³-hybridized carbons (Fsp3) is 0.615. The van der Waals surface area contributed by atoms with Gasteiger partial charge in [-0.05, 0) is 37.9 Å². The largest absolute Gasteiger partial charge is 0.476 e. The molecule has 1 fully saturated rings. The van der Waals surface area contributed by atoms with E-state index in [4.69, 9.17) is 5.11 Å². The van der Waals surface area contributed by atoms with Crippen molar-refractivity contribution in [1.29, 1.82) is 0 Å². The molecule has 6 nitrogen and oxygen atoms in total. The fourth-order valence-corrected chi connectivity index (χ4v) is 2.35. The molecule has 0 radical (unpaired) electrons. The first-order chi connectivity index (χ1) is 9.19. The van der Waals surface area contributed by atoms with Gasteiger partial charge in [-0.3, -0.25) is 0 Å². The minimum absolute atomic E-state index is 0.0247. The molecule has 0 unspecified atom stereocenters. The second-order valence-corrected chi connectivity index (χ2v) is 4.87. The summed E-state index contributed by atoms with van der Waals surface area (Å²) in [5.74, 6) is -0.397. The van der Waals surface area contributed by atoms with E-state index in [0.29, 0.717) is 11.9 Å². The smallest absolute Gasteiger partial charge is 0.356 e. The molecule has 1 saturated heterocycles. The average Bonchev–Trinajstić information content (AvgIpc) is 2.42. The molecule has 0 spiro atoms. The SMILES string of the molecule is CCCN1CCC(Nc2ccc(C(=O)O)nn2)CC1. The van der Waals surface area contributed by atoms with Gasteiger partial charge in [-0.25, -0.2) is 4.79 Å². The van der Waals surface area contributed by atoms with Crippen LogP contribution in [0.25, 0.3) is 0 Å². The average molecular weight is 264 g/mol. The van der Waals surface area contributed by atoms with Crippen molar-refractivity contribution in [3.63, 3.8) is 0 Å². The zero-order valence-corrected chi connectivity index (χ0v) is 11.2. The molecule has 1 aromatic rings. The molecule has 1 aromatic heterocycles. The summed E-state index contributed by atoms with van der Waals surface area (Å²) in [6.45, 7) is 5.57. The Kier molecular flexibility index (Phi) is 4.68. The third-order valence-corrected chi connectivity index (χ3v) is 3.36. The summed E-state index contributed by atoms with van der Waals surface area (Å²) in [7, 11) is 0. The maximum Gasteiger partial charge on any atom is 0.356 e. The lowest BCUT2D eigenvalue weighted by molar-refractivity contribution is 0.0689. The second kappa shape index (κ2) is 6.47. The number of rotatable bonds is 5. The van der Waals surface area contributed by atoms with Crippen molar-refractivity contribution >= 4 is 11.8 Å². The first-order valence-corrected chi connectivity index (χ1v) is 6.75. The number of hydrogen-bond acceptors (Lipinski definition) is 5. The Morgan fingerprint density at radius 3 is 2.68 bits per heavy atom.